The number of hydrogen-bond donors (Lipinski definition) is 1. The fraction of sp³-hybridized carbons (Fsp3) is 0.462. The molecule has 0 aliphatic rings. The van der Waals surface area contributed by atoms with Gasteiger partial charge in [-0.15, -0.1) is 11.8 Å². The molecule has 94 valence electrons. The van der Waals surface area contributed by atoms with Crippen molar-refractivity contribution in [1.82, 2.24) is 5.32 Å². The van der Waals surface area contributed by atoms with E-state index in [2.05, 4.69) is 12.2 Å². The molecule has 0 heterocycles. The topological polar surface area (TPSA) is 29.1 Å². The zero-order valence-corrected chi connectivity index (χ0v) is 11.8. The predicted molar refractivity (Wildman–Crippen MR) is 74.7 cm³/mol. The molecule has 1 aromatic carbocycles. The van der Waals surface area contributed by atoms with Gasteiger partial charge in [0.25, 0.3) is 0 Å². The third-order valence-electron chi connectivity index (χ3n) is 2.44. The molecule has 0 spiro atoms. The van der Waals surface area contributed by atoms with Crippen LogP contribution in [0.5, 0.6) is 0 Å². The minimum Gasteiger partial charge on any atom is -0.354 e. The molecule has 1 N–H and O–H groups in total. The summed E-state index contributed by atoms with van der Waals surface area (Å²) < 4.78 is 0. The Kier molecular flexibility index (Phi) is 6.45. The highest BCUT2D eigenvalue weighted by molar-refractivity contribution is 7.99. The van der Waals surface area contributed by atoms with Crippen LogP contribution in [0.2, 0.25) is 5.02 Å². The van der Waals surface area contributed by atoms with Crippen molar-refractivity contribution in [1.29, 1.82) is 0 Å². The molecule has 0 aromatic heterocycles. The van der Waals surface area contributed by atoms with Gasteiger partial charge in [-0.3, -0.25) is 4.79 Å². The molecule has 2 nitrogen and oxygen atoms in total. The van der Waals surface area contributed by atoms with Crippen LogP contribution in [0.3, 0.4) is 0 Å². The van der Waals surface area contributed by atoms with Crippen LogP contribution in [0.15, 0.2) is 29.2 Å². The van der Waals surface area contributed by atoms with E-state index in [1.54, 1.807) is 11.8 Å². The van der Waals surface area contributed by atoms with Gasteiger partial charge < -0.3 is 5.32 Å². The molecule has 0 aliphatic carbocycles. The average molecular weight is 272 g/mol. The fourth-order valence-electron chi connectivity index (χ4n) is 1.26. The van der Waals surface area contributed by atoms with E-state index in [1.807, 2.05) is 31.2 Å². The van der Waals surface area contributed by atoms with Gasteiger partial charge in [0.1, 0.15) is 0 Å². The van der Waals surface area contributed by atoms with Crippen molar-refractivity contribution in [3.05, 3.63) is 29.3 Å². The molecule has 17 heavy (non-hydrogen) atoms. The summed E-state index contributed by atoms with van der Waals surface area (Å²) in [5.41, 5.74) is 0. The summed E-state index contributed by atoms with van der Waals surface area (Å²) in [5.74, 6) is 0.866. The summed E-state index contributed by atoms with van der Waals surface area (Å²) in [6.07, 6.45) is 1.49. The van der Waals surface area contributed by atoms with E-state index in [9.17, 15) is 4.79 Å². The Morgan fingerprint density at radius 2 is 2.18 bits per heavy atom. The standard InChI is InChI=1S/C13H18ClNOS/c1-3-10(2)15-13(16)8-9-17-12-7-5-4-6-11(12)14/h4-7,10H,3,8-9H2,1-2H3,(H,15,16)/t10-/m0/s1. The molecule has 1 atom stereocenters. The van der Waals surface area contributed by atoms with Crippen molar-refractivity contribution in [2.24, 2.45) is 0 Å². The molecule has 0 unspecified atom stereocenters. The van der Waals surface area contributed by atoms with Crippen LogP contribution < -0.4 is 5.32 Å². The summed E-state index contributed by atoms with van der Waals surface area (Å²) in [7, 11) is 0. The molecule has 0 radical (unpaired) electrons. The highest BCUT2D eigenvalue weighted by Gasteiger charge is 2.06. The van der Waals surface area contributed by atoms with E-state index < -0.39 is 0 Å². The SMILES string of the molecule is CC[C@H](C)NC(=O)CCSc1ccccc1Cl. The monoisotopic (exact) mass is 271 g/mol. The van der Waals surface area contributed by atoms with E-state index in [0.717, 1.165) is 22.1 Å². The second kappa shape index (κ2) is 7.62. The number of carbonyl (C=O) groups excluding carboxylic acids is 1. The first-order valence-electron chi connectivity index (χ1n) is 5.80. The Morgan fingerprint density at radius 3 is 2.82 bits per heavy atom. The lowest BCUT2D eigenvalue weighted by molar-refractivity contribution is -0.121. The van der Waals surface area contributed by atoms with Crippen LogP contribution in [0.4, 0.5) is 0 Å². The van der Waals surface area contributed by atoms with E-state index in [0.29, 0.717) is 6.42 Å². The maximum absolute atomic E-state index is 11.5. The highest BCUT2D eigenvalue weighted by atomic mass is 35.5. The van der Waals surface area contributed by atoms with Crippen LogP contribution >= 0.6 is 23.4 Å². The first-order valence-corrected chi connectivity index (χ1v) is 7.16. The number of hydrogen-bond acceptors (Lipinski definition) is 2. The van der Waals surface area contributed by atoms with E-state index >= 15 is 0 Å². The lowest BCUT2D eigenvalue weighted by Crippen LogP contribution is -2.32. The van der Waals surface area contributed by atoms with Crippen LogP contribution in [-0.4, -0.2) is 17.7 Å². The Labute approximate surface area is 112 Å². The molecule has 4 heteroatoms. The van der Waals surface area contributed by atoms with Crippen molar-refractivity contribution in [3.8, 4) is 0 Å². The van der Waals surface area contributed by atoms with Crippen molar-refractivity contribution in [3.63, 3.8) is 0 Å². The molecule has 1 aromatic rings. The van der Waals surface area contributed by atoms with E-state index in [1.165, 1.54) is 0 Å². The van der Waals surface area contributed by atoms with Gasteiger partial charge in [-0.25, -0.2) is 0 Å². The van der Waals surface area contributed by atoms with Gasteiger partial charge >= 0.3 is 0 Å². The third kappa shape index (κ3) is 5.46. The number of nitrogens with one attached hydrogen (secondary N) is 1. The van der Waals surface area contributed by atoms with E-state index in [4.69, 9.17) is 11.6 Å². The number of halogens is 1. The number of benzene rings is 1. The zero-order chi connectivity index (χ0) is 12.7. The smallest absolute Gasteiger partial charge is 0.221 e. The molecule has 1 amide bonds. The van der Waals surface area contributed by atoms with Gasteiger partial charge in [-0.2, -0.15) is 0 Å². The first kappa shape index (κ1) is 14.4. The normalized spacial score (nSPS) is 12.2. The Balaban J connectivity index is 2.29. The molecular weight excluding hydrogens is 254 g/mol. The molecule has 0 aliphatic heterocycles. The quantitative estimate of drug-likeness (QED) is 0.799. The summed E-state index contributed by atoms with van der Waals surface area (Å²) in [5, 5.41) is 3.70. The fourth-order valence-corrected chi connectivity index (χ4v) is 2.45. The zero-order valence-electron chi connectivity index (χ0n) is 10.2. The summed E-state index contributed by atoms with van der Waals surface area (Å²) >= 11 is 7.64. The maximum Gasteiger partial charge on any atom is 0.221 e. The molecule has 0 fully saturated rings. The third-order valence-corrected chi connectivity index (χ3v) is 3.96. The Bertz CT molecular complexity index is 370. The molecule has 1 rings (SSSR count). The van der Waals surface area contributed by atoms with Gasteiger partial charge in [0, 0.05) is 23.1 Å². The minimum absolute atomic E-state index is 0.110. The summed E-state index contributed by atoms with van der Waals surface area (Å²) in [6, 6.07) is 7.95. The van der Waals surface area contributed by atoms with Crippen molar-refractivity contribution in [2.75, 3.05) is 5.75 Å². The van der Waals surface area contributed by atoms with Crippen LogP contribution in [0.1, 0.15) is 26.7 Å². The summed E-state index contributed by atoms with van der Waals surface area (Å²) in [4.78, 5) is 12.6. The average Bonchev–Trinajstić information content (AvgIpc) is 2.31. The molecule has 0 bridgehead atoms. The molecule has 0 saturated carbocycles. The second-order valence-electron chi connectivity index (χ2n) is 3.91. The summed E-state index contributed by atoms with van der Waals surface area (Å²) in [6.45, 7) is 4.07. The van der Waals surface area contributed by atoms with Crippen molar-refractivity contribution < 1.29 is 4.79 Å². The number of carbonyl (C=O) groups is 1. The number of amides is 1. The lowest BCUT2D eigenvalue weighted by Gasteiger charge is -2.11. The highest BCUT2D eigenvalue weighted by Crippen LogP contribution is 2.26. The van der Waals surface area contributed by atoms with Gasteiger partial charge in [0.15, 0.2) is 0 Å². The van der Waals surface area contributed by atoms with Gasteiger partial charge in [-0.05, 0) is 25.5 Å². The van der Waals surface area contributed by atoms with Gasteiger partial charge in [-0.1, -0.05) is 30.7 Å². The van der Waals surface area contributed by atoms with E-state index in [-0.39, 0.29) is 11.9 Å². The largest absolute Gasteiger partial charge is 0.354 e. The van der Waals surface area contributed by atoms with Crippen LogP contribution in [0, 0.1) is 0 Å². The second-order valence-corrected chi connectivity index (χ2v) is 5.45. The van der Waals surface area contributed by atoms with Crippen molar-refractivity contribution in [2.45, 2.75) is 37.6 Å². The van der Waals surface area contributed by atoms with Crippen molar-refractivity contribution >= 4 is 29.3 Å². The number of thioether (sulfide) groups is 1. The van der Waals surface area contributed by atoms with Crippen LogP contribution in [-0.2, 0) is 4.79 Å². The molecule has 0 saturated heterocycles. The van der Waals surface area contributed by atoms with Gasteiger partial charge in [0.2, 0.25) is 5.91 Å². The Morgan fingerprint density at radius 1 is 1.47 bits per heavy atom. The number of rotatable bonds is 6. The molecular formula is C13H18ClNOS. The minimum atomic E-state index is 0.110. The Hall–Kier alpha value is -0.670. The maximum atomic E-state index is 11.5. The predicted octanol–water partition coefficient (Wildman–Crippen LogP) is 3.74. The first-order chi connectivity index (χ1) is 8.13. The van der Waals surface area contributed by atoms with Crippen LogP contribution in [0.25, 0.3) is 0 Å². The van der Waals surface area contributed by atoms with Gasteiger partial charge in [0.05, 0.1) is 5.02 Å². The lowest BCUT2D eigenvalue weighted by atomic mass is 10.2.